The van der Waals surface area contributed by atoms with E-state index in [0.717, 1.165) is 70.6 Å². The molecule has 0 bridgehead atoms. The van der Waals surface area contributed by atoms with Crippen LogP contribution in [0, 0.1) is 0 Å². The van der Waals surface area contributed by atoms with Gasteiger partial charge in [0, 0.05) is 19.3 Å². The van der Waals surface area contributed by atoms with Crippen LogP contribution in [0.5, 0.6) is 0 Å². The number of carbonyl (C=O) groups excluding carboxylic acids is 3. The molecule has 0 aromatic carbocycles. The molecule has 6 nitrogen and oxygen atoms in total. The Bertz CT molecular complexity index is 1170. The molecular weight excluding hydrogens is 793 g/mol. The lowest BCUT2D eigenvalue weighted by Gasteiger charge is -2.18. The van der Waals surface area contributed by atoms with Gasteiger partial charge >= 0.3 is 17.9 Å². The second-order valence-electron chi connectivity index (χ2n) is 18.1. The maximum atomic E-state index is 12.8. The van der Waals surface area contributed by atoms with Crippen LogP contribution in [0.1, 0.15) is 271 Å². The molecule has 0 aliphatic heterocycles. The predicted molar refractivity (Wildman–Crippen MR) is 275 cm³/mol. The number of allylic oxidation sites excluding steroid dienone is 10. The number of esters is 3. The summed E-state index contributed by atoms with van der Waals surface area (Å²) in [5.74, 6) is -0.947. The lowest BCUT2D eigenvalue weighted by Crippen LogP contribution is -2.30. The Morgan fingerprint density at radius 1 is 0.312 bits per heavy atom. The highest BCUT2D eigenvalue weighted by atomic mass is 16.6. The van der Waals surface area contributed by atoms with Crippen molar-refractivity contribution in [1.29, 1.82) is 0 Å². The van der Waals surface area contributed by atoms with Gasteiger partial charge < -0.3 is 14.2 Å². The van der Waals surface area contributed by atoms with E-state index in [-0.39, 0.29) is 37.5 Å². The van der Waals surface area contributed by atoms with Crippen LogP contribution in [-0.4, -0.2) is 37.2 Å². The summed E-state index contributed by atoms with van der Waals surface area (Å²) in [5, 5.41) is 0. The summed E-state index contributed by atoms with van der Waals surface area (Å²) in [6, 6.07) is 0. The summed E-state index contributed by atoms with van der Waals surface area (Å²) >= 11 is 0. The van der Waals surface area contributed by atoms with Crippen LogP contribution in [0.25, 0.3) is 0 Å². The molecule has 0 spiro atoms. The van der Waals surface area contributed by atoms with Crippen molar-refractivity contribution >= 4 is 17.9 Å². The summed E-state index contributed by atoms with van der Waals surface area (Å²) in [6.45, 7) is 6.57. The quantitative estimate of drug-likeness (QED) is 0.0262. The minimum Gasteiger partial charge on any atom is -0.462 e. The van der Waals surface area contributed by atoms with E-state index in [1.807, 2.05) is 0 Å². The van der Waals surface area contributed by atoms with Gasteiger partial charge in [-0.25, -0.2) is 0 Å². The summed E-state index contributed by atoms with van der Waals surface area (Å²) in [7, 11) is 0. The van der Waals surface area contributed by atoms with E-state index >= 15 is 0 Å². The predicted octanol–water partition coefficient (Wildman–Crippen LogP) is 18.0. The molecule has 0 aliphatic rings. The van der Waals surface area contributed by atoms with Gasteiger partial charge in [0.2, 0.25) is 0 Å². The van der Waals surface area contributed by atoms with Crippen molar-refractivity contribution in [2.45, 2.75) is 277 Å². The van der Waals surface area contributed by atoms with Crippen LogP contribution >= 0.6 is 0 Å². The molecule has 370 valence electrons. The van der Waals surface area contributed by atoms with Crippen LogP contribution in [-0.2, 0) is 28.6 Å². The van der Waals surface area contributed by atoms with E-state index in [9.17, 15) is 14.4 Å². The van der Waals surface area contributed by atoms with Crippen molar-refractivity contribution in [3.8, 4) is 0 Å². The molecule has 0 N–H and O–H groups in total. The van der Waals surface area contributed by atoms with E-state index in [4.69, 9.17) is 14.2 Å². The van der Waals surface area contributed by atoms with Gasteiger partial charge in [-0.2, -0.15) is 0 Å². The third-order valence-electron chi connectivity index (χ3n) is 11.7. The van der Waals surface area contributed by atoms with Crippen molar-refractivity contribution in [3.05, 3.63) is 60.8 Å². The molecule has 0 aromatic heterocycles. The fourth-order valence-corrected chi connectivity index (χ4v) is 7.61. The minimum atomic E-state index is -0.796. The van der Waals surface area contributed by atoms with Crippen molar-refractivity contribution in [3.63, 3.8) is 0 Å². The molecule has 0 saturated heterocycles. The summed E-state index contributed by atoms with van der Waals surface area (Å²) in [4.78, 5) is 38.0. The Morgan fingerprint density at radius 2 is 0.578 bits per heavy atom. The van der Waals surface area contributed by atoms with Crippen LogP contribution < -0.4 is 0 Å². The van der Waals surface area contributed by atoms with Crippen molar-refractivity contribution in [2.24, 2.45) is 0 Å². The molecule has 0 rings (SSSR count). The Labute approximate surface area is 396 Å². The number of hydrogen-bond donors (Lipinski definition) is 0. The zero-order valence-electron chi connectivity index (χ0n) is 42.3. The Morgan fingerprint density at radius 3 is 0.969 bits per heavy atom. The highest BCUT2D eigenvalue weighted by Gasteiger charge is 2.19. The Hall–Kier alpha value is -2.89. The lowest BCUT2D eigenvalue weighted by atomic mass is 10.0. The van der Waals surface area contributed by atoms with E-state index < -0.39 is 6.10 Å². The standard InChI is InChI=1S/C58H102O6/c1-4-7-10-13-16-19-22-25-27-29-31-33-36-39-42-45-48-51-57(60)63-54-55(53-62-56(59)50-47-44-41-38-35-24-21-18-15-12-9-6-3)64-58(61)52-49-46-43-40-37-34-32-30-28-26-23-20-17-14-11-8-5-2/h17,20,25-28,31,33,39,42,55H,4-16,18-19,21-24,29-30,32,34-38,40-41,43-54H2,1-3H3/b20-17-,27-25-,28-26-,33-31-,42-39-. The van der Waals surface area contributed by atoms with Gasteiger partial charge in [-0.05, 0) is 83.5 Å². The summed E-state index contributed by atoms with van der Waals surface area (Å²) in [5.41, 5.74) is 0. The zero-order chi connectivity index (χ0) is 46.5. The minimum absolute atomic E-state index is 0.0911. The smallest absolute Gasteiger partial charge is 0.306 e. The van der Waals surface area contributed by atoms with Crippen LogP contribution in [0.3, 0.4) is 0 Å². The molecule has 6 heteroatoms. The van der Waals surface area contributed by atoms with E-state index in [2.05, 4.69) is 81.5 Å². The first-order chi connectivity index (χ1) is 31.5. The van der Waals surface area contributed by atoms with E-state index in [1.165, 1.54) is 154 Å². The van der Waals surface area contributed by atoms with Gasteiger partial charge in [0.25, 0.3) is 0 Å². The second-order valence-corrected chi connectivity index (χ2v) is 18.1. The molecule has 0 heterocycles. The van der Waals surface area contributed by atoms with Crippen molar-refractivity contribution < 1.29 is 28.6 Å². The molecule has 1 atom stereocenters. The molecule has 0 amide bonds. The third kappa shape index (κ3) is 50.1. The molecular formula is C58H102O6. The largest absolute Gasteiger partial charge is 0.462 e. The molecule has 0 fully saturated rings. The van der Waals surface area contributed by atoms with Gasteiger partial charge in [0.05, 0.1) is 0 Å². The molecule has 0 saturated carbocycles. The second kappa shape index (κ2) is 52.7. The van der Waals surface area contributed by atoms with Crippen LogP contribution in [0.4, 0.5) is 0 Å². The van der Waals surface area contributed by atoms with Gasteiger partial charge in [0.15, 0.2) is 6.10 Å². The topological polar surface area (TPSA) is 78.9 Å². The maximum absolute atomic E-state index is 12.8. The number of ether oxygens (including phenoxy) is 3. The number of rotatable bonds is 49. The van der Waals surface area contributed by atoms with Gasteiger partial charge in [-0.1, -0.05) is 229 Å². The first-order valence-corrected chi connectivity index (χ1v) is 27.3. The van der Waals surface area contributed by atoms with Gasteiger partial charge in [0.1, 0.15) is 13.2 Å². The molecule has 0 radical (unpaired) electrons. The number of unbranched alkanes of at least 4 members (excludes halogenated alkanes) is 28. The fourth-order valence-electron chi connectivity index (χ4n) is 7.61. The van der Waals surface area contributed by atoms with E-state index in [1.54, 1.807) is 0 Å². The lowest BCUT2D eigenvalue weighted by molar-refractivity contribution is -0.167. The average Bonchev–Trinajstić information content (AvgIpc) is 3.29. The summed E-state index contributed by atoms with van der Waals surface area (Å²) < 4.78 is 16.8. The SMILES string of the molecule is CCCCC/C=C\C/C=C\CCCCCCCCCC(=O)OC(COC(=O)CCC/C=C\C/C=C\C/C=C\CCCCCCCC)COC(=O)CCCCCCCCCCCCCC. The average molecular weight is 895 g/mol. The van der Waals surface area contributed by atoms with Crippen LogP contribution in [0.15, 0.2) is 60.8 Å². The maximum Gasteiger partial charge on any atom is 0.306 e. The normalized spacial score (nSPS) is 12.5. The first-order valence-electron chi connectivity index (χ1n) is 27.3. The molecule has 1 unspecified atom stereocenters. The first kappa shape index (κ1) is 61.1. The third-order valence-corrected chi connectivity index (χ3v) is 11.7. The highest BCUT2D eigenvalue weighted by molar-refractivity contribution is 5.71. The Kier molecular flexibility index (Phi) is 50.4. The van der Waals surface area contributed by atoms with Crippen molar-refractivity contribution in [2.75, 3.05) is 13.2 Å². The van der Waals surface area contributed by atoms with Gasteiger partial charge in [-0.3, -0.25) is 14.4 Å². The molecule has 0 aliphatic carbocycles. The highest BCUT2D eigenvalue weighted by Crippen LogP contribution is 2.15. The van der Waals surface area contributed by atoms with Crippen molar-refractivity contribution in [1.82, 2.24) is 0 Å². The molecule has 0 aromatic rings. The summed E-state index contributed by atoms with van der Waals surface area (Å²) in [6.07, 6.45) is 64.9. The number of carbonyl (C=O) groups is 3. The van der Waals surface area contributed by atoms with E-state index in [0.29, 0.717) is 19.3 Å². The molecule has 64 heavy (non-hydrogen) atoms. The monoisotopic (exact) mass is 895 g/mol. The number of hydrogen-bond acceptors (Lipinski definition) is 6. The van der Waals surface area contributed by atoms with Gasteiger partial charge in [-0.15, -0.1) is 0 Å². The zero-order valence-corrected chi connectivity index (χ0v) is 42.3. The Balaban J connectivity index is 4.44. The van der Waals surface area contributed by atoms with Crippen LogP contribution in [0.2, 0.25) is 0 Å². The fraction of sp³-hybridized carbons (Fsp3) is 0.776.